The maximum Gasteiger partial charge on any atom is 0.278 e. The van der Waals surface area contributed by atoms with Crippen LogP contribution in [0.5, 0.6) is 0 Å². The molecule has 90 valence electrons. The number of thiol groups is 1. The lowest BCUT2D eigenvalue weighted by Crippen LogP contribution is -2.20. The molecule has 0 unspecified atom stereocenters. The fraction of sp³-hybridized carbons (Fsp3) is 0.333. The third kappa shape index (κ3) is 2.29. The number of benzene rings is 1. The van der Waals surface area contributed by atoms with Crippen molar-refractivity contribution in [3.63, 3.8) is 0 Å². The molecule has 17 heavy (non-hydrogen) atoms. The Morgan fingerprint density at radius 2 is 2.24 bits per heavy atom. The quantitative estimate of drug-likeness (QED) is 0.811. The SMILES string of the molecule is CN(Cc1ccc2c(c1)CC(=O)N2C)C(=O)S. The van der Waals surface area contributed by atoms with E-state index in [2.05, 4.69) is 12.6 Å². The van der Waals surface area contributed by atoms with Crippen LogP contribution in [0.25, 0.3) is 0 Å². The molecule has 0 saturated heterocycles. The zero-order valence-corrected chi connectivity index (χ0v) is 10.7. The summed E-state index contributed by atoms with van der Waals surface area (Å²) in [5, 5.41) is -0.265. The van der Waals surface area contributed by atoms with Crippen molar-refractivity contribution in [1.29, 1.82) is 0 Å². The third-order valence-electron chi connectivity index (χ3n) is 2.97. The summed E-state index contributed by atoms with van der Waals surface area (Å²) in [5.74, 6) is 0.107. The summed E-state index contributed by atoms with van der Waals surface area (Å²) < 4.78 is 0. The third-order valence-corrected chi connectivity index (χ3v) is 3.31. The smallest absolute Gasteiger partial charge is 0.278 e. The Hall–Kier alpha value is -1.49. The summed E-state index contributed by atoms with van der Waals surface area (Å²) >= 11 is 3.76. The van der Waals surface area contributed by atoms with Crippen molar-refractivity contribution in [2.24, 2.45) is 0 Å². The maximum absolute atomic E-state index is 11.5. The largest absolute Gasteiger partial charge is 0.333 e. The minimum atomic E-state index is -0.265. The van der Waals surface area contributed by atoms with Gasteiger partial charge < -0.3 is 9.80 Å². The van der Waals surface area contributed by atoms with Crippen LogP contribution in [0.1, 0.15) is 11.1 Å². The normalized spacial score (nSPS) is 13.8. The summed E-state index contributed by atoms with van der Waals surface area (Å²) in [7, 11) is 3.47. The van der Waals surface area contributed by atoms with E-state index in [0.717, 1.165) is 16.8 Å². The minimum Gasteiger partial charge on any atom is -0.333 e. The number of amides is 2. The molecule has 1 aliphatic rings. The number of carbonyl (C=O) groups is 2. The fourth-order valence-corrected chi connectivity index (χ4v) is 2.03. The number of nitrogens with zero attached hydrogens (tertiary/aromatic N) is 2. The predicted octanol–water partition coefficient (Wildman–Crippen LogP) is 1.69. The second-order valence-corrected chi connectivity index (χ2v) is 4.61. The molecular weight excluding hydrogens is 236 g/mol. The van der Waals surface area contributed by atoms with Crippen molar-refractivity contribution in [2.45, 2.75) is 13.0 Å². The number of hydrogen-bond donors (Lipinski definition) is 1. The number of likely N-dealkylation sites (N-methyl/N-ethyl adjacent to an activating group) is 1. The van der Waals surface area contributed by atoms with Crippen LogP contribution in [0, 0.1) is 0 Å². The highest BCUT2D eigenvalue weighted by Gasteiger charge is 2.23. The van der Waals surface area contributed by atoms with Crippen LogP contribution in [0.2, 0.25) is 0 Å². The average molecular weight is 250 g/mol. The first-order chi connectivity index (χ1) is 7.99. The number of carbonyl (C=O) groups excluding carboxylic acids is 2. The molecule has 0 atom stereocenters. The first-order valence-electron chi connectivity index (χ1n) is 5.31. The molecule has 0 fully saturated rings. The monoisotopic (exact) mass is 250 g/mol. The van der Waals surface area contributed by atoms with Crippen molar-refractivity contribution in [2.75, 3.05) is 19.0 Å². The molecule has 0 aromatic heterocycles. The highest BCUT2D eigenvalue weighted by molar-refractivity contribution is 7.96. The first kappa shape index (κ1) is 12.0. The molecule has 1 aromatic rings. The van der Waals surface area contributed by atoms with Crippen molar-refractivity contribution in [3.05, 3.63) is 29.3 Å². The molecule has 0 N–H and O–H groups in total. The van der Waals surface area contributed by atoms with E-state index in [-0.39, 0.29) is 11.1 Å². The summed E-state index contributed by atoms with van der Waals surface area (Å²) in [6.45, 7) is 0.507. The van der Waals surface area contributed by atoms with E-state index < -0.39 is 0 Å². The van der Waals surface area contributed by atoms with Gasteiger partial charge in [-0.25, -0.2) is 0 Å². The molecule has 2 amide bonds. The summed E-state index contributed by atoms with van der Waals surface area (Å²) in [5.41, 5.74) is 2.99. The van der Waals surface area contributed by atoms with E-state index in [4.69, 9.17) is 0 Å². The minimum absolute atomic E-state index is 0.107. The molecular formula is C12H14N2O2S. The number of fused-ring (bicyclic) bond motifs is 1. The van der Waals surface area contributed by atoms with Gasteiger partial charge in [0.25, 0.3) is 5.24 Å². The van der Waals surface area contributed by atoms with Gasteiger partial charge in [0.15, 0.2) is 0 Å². The molecule has 1 aromatic carbocycles. The topological polar surface area (TPSA) is 40.6 Å². The van der Waals surface area contributed by atoms with Gasteiger partial charge in [0.2, 0.25) is 5.91 Å². The zero-order valence-electron chi connectivity index (χ0n) is 9.80. The summed E-state index contributed by atoms with van der Waals surface area (Å²) in [4.78, 5) is 25.7. The standard InChI is InChI=1S/C12H14N2O2S/c1-13(12(16)17)7-8-3-4-10-9(5-8)6-11(15)14(10)2/h3-5H,6-7H2,1-2H3,(H,16,17). The van der Waals surface area contributed by atoms with Crippen molar-refractivity contribution in [1.82, 2.24) is 4.90 Å². The van der Waals surface area contributed by atoms with E-state index in [1.165, 1.54) is 4.90 Å². The van der Waals surface area contributed by atoms with Crippen molar-refractivity contribution in [3.8, 4) is 0 Å². The zero-order chi connectivity index (χ0) is 12.6. The van der Waals surface area contributed by atoms with Crippen LogP contribution in [-0.4, -0.2) is 30.1 Å². The first-order valence-corrected chi connectivity index (χ1v) is 5.76. The van der Waals surface area contributed by atoms with Gasteiger partial charge >= 0.3 is 0 Å². The van der Waals surface area contributed by atoms with Gasteiger partial charge in [0.05, 0.1) is 6.42 Å². The van der Waals surface area contributed by atoms with E-state index in [0.29, 0.717) is 13.0 Å². The van der Waals surface area contributed by atoms with Crippen molar-refractivity contribution >= 4 is 29.5 Å². The number of rotatable bonds is 2. The molecule has 5 heteroatoms. The molecule has 4 nitrogen and oxygen atoms in total. The van der Waals surface area contributed by atoms with Crippen molar-refractivity contribution < 1.29 is 9.59 Å². The lowest BCUT2D eigenvalue weighted by Gasteiger charge is -2.15. The van der Waals surface area contributed by atoms with Crippen LogP contribution in [0.4, 0.5) is 10.5 Å². The molecule has 0 bridgehead atoms. The van der Waals surface area contributed by atoms with Gasteiger partial charge in [-0.1, -0.05) is 24.8 Å². The molecule has 0 spiro atoms. The van der Waals surface area contributed by atoms with E-state index in [9.17, 15) is 9.59 Å². The van der Waals surface area contributed by atoms with E-state index in [1.807, 2.05) is 18.2 Å². The van der Waals surface area contributed by atoms with Gasteiger partial charge in [-0.15, -0.1) is 0 Å². The fourth-order valence-electron chi connectivity index (χ4n) is 1.96. The lowest BCUT2D eigenvalue weighted by molar-refractivity contribution is -0.117. The molecule has 0 saturated carbocycles. The highest BCUT2D eigenvalue weighted by atomic mass is 32.1. The molecule has 0 aliphatic carbocycles. The average Bonchev–Trinajstić information content (AvgIpc) is 2.54. The summed E-state index contributed by atoms with van der Waals surface area (Å²) in [6, 6.07) is 5.83. The van der Waals surface area contributed by atoms with E-state index in [1.54, 1.807) is 19.0 Å². The highest BCUT2D eigenvalue weighted by Crippen LogP contribution is 2.28. The second kappa shape index (κ2) is 4.41. The molecule has 1 heterocycles. The second-order valence-electron chi connectivity index (χ2n) is 4.23. The Bertz CT molecular complexity index is 487. The van der Waals surface area contributed by atoms with Gasteiger partial charge in [-0.3, -0.25) is 9.59 Å². The van der Waals surface area contributed by atoms with Crippen LogP contribution in [0.15, 0.2) is 18.2 Å². The number of hydrogen-bond acceptors (Lipinski definition) is 2. The van der Waals surface area contributed by atoms with Gasteiger partial charge in [0, 0.05) is 26.3 Å². The van der Waals surface area contributed by atoms with Crippen LogP contribution in [0.3, 0.4) is 0 Å². The maximum atomic E-state index is 11.5. The van der Waals surface area contributed by atoms with Gasteiger partial charge in [-0.2, -0.15) is 0 Å². The lowest BCUT2D eigenvalue weighted by atomic mass is 10.1. The van der Waals surface area contributed by atoms with Gasteiger partial charge in [0.1, 0.15) is 0 Å². The van der Waals surface area contributed by atoms with Gasteiger partial charge in [-0.05, 0) is 17.2 Å². The Kier molecular flexibility index (Phi) is 3.11. The Balaban J connectivity index is 2.21. The Morgan fingerprint density at radius 1 is 1.53 bits per heavy atom. The Labute approximate surface area is 106 Å². The molecule has 1 aliphatic heterocycles. The molecule has 0 radical (unpaired) electrons. The van der Waals surface area contributed by atoms with Crippen LogP contribution in [-0.2, 0) is 17.8 Å². The Morgan fingerprint density at radius 3 is 2.88 bits per heavy atom. The number of anilines is 1. The molecule has 2 rings (SSSR count). The van der Waals surface area contributed by atoms with Crippen LogP contribution < -0.4 is 4.90 Å². The summed E-state index contributed by atoms with van der Waals surface area (Å²) in [6.07, 6.45) is 0.443. The predicted molar refractivity (Wildman–Crippen MR) is 69.4 cm³/mol. The van der Waals surface area contributed by atoms with E-state index >= 15 is 0 Å². The van der Waals surface area contributed by atoms with Crippen LogP contribution >= 0.6 is 12.6 Å².